The van der Waals surface area contributed by atoms with Gasteiger partial charge in [-0.2, -0.15) is 0 Å². The number of carbonyl (C=O) groups is 2. The second-order valence-electron chi connectivity index (χ2n) is 4.57. The second-order valence-corrected chi connectivity index (χ2v) is 5.01. The number of benzene rings is 1. The molecule has 108 valence electrons. The van der Waals surface area contributed by atoms with Gasteiger partial charge in [-0.05, 0) is 24.3 Å². The molecule has 1 unspecified atom stereocenters. The van der Waals surface area contributed by atoms with Gasteiger partial charge in [0.1, 0.15) is 6.61 Å². The number of ether oxygens (including phenoxy) is 1. The van der Waals surface area contributed by atoms with E-state index in [1.54, 1.807) is 36.1 Å². The lowest BCUT2D eigenvalue weighted by Crippen LogP contribution is -2.50. The Kier molecular flexibility index (Phi) is 4.98. The molecule has 5 nitrogen and oxygen atoms in total. The van der Waals surface area contributed by atoms with E-state index in [4.69, 9.17) is 16.3 Å². The molecule has 0 spiro atoms. The van der Waals surface area contributed by atoms with E-state index < -0.39 is 0 Å². The van der Waals surface area contributed by atoms with E-state index in [2.05, 4.69) is 5.32 Å². The largest absolute Gasteiger partial charge is 0.365 e. The van der Waals surface area contributed by atoms with Gasteiger partial charge >= 0.3 is 0 Å². The molecule has 1 saturated heterocycles. The molecule has 1 atom stereocenters. The van der Waals surface area contributed by atoms with Crippen molar-refractivity contribution in [3.63, 3.8) is 0 Å². The molecule has 1 heterocycles. The van der Waals surface area contributed by atoms with Crippen LogP contribution >= 0.6 is 11.6 Å². The van der Waals surface area contributed by atoms with Gasteiger partial charge in [0.05, 0.1) is 12.6 Å². The maximum absolute atomic E-state index is 11.9. The highest BCUT2D eigenvalue weighted by atomic mass is 35.5. The Morgan fingerprint density at radius 1 is 1.45 bits per heavy atom. The lowest BCUT2D eigenvalue weighted by molar-refractivity contribution is -0.129. The third-order valence-electron chi connectivity index (χ3n) is 3.12. The fourth-order valence-corrected chi connectivity index (χ4v) is 2.10. The lowest BCUT2D eigenvalue weighted by atomic mass is 10.2. The normalized spacial score (nSPS) is 19.0. The highest BCUT2D eigenvalue weighted by molar-refractivity contribution is 6.30. The van der Waals surface area contributed by atoms with E-state index in [-0.39, 0.29) is 24.5 Å². The summed E-state index contributed by atoms with van der Waals surface area (Å²) in [6, 6.07) is 7.08. The van der Waals surface area contributed by atoms with Gasteiger partial charge in [0.15, 0.2) is 0 Å². The number of amides is 2. The van der Waals surface area contributed by atoms with Crippen molar-refractivity contribution in [1.29, 1.82) is 0 Å². The minimum absolute atomic E-state index is 0.0231. The summed E-state index contributed by atoms with van der Waals surface area (Å²) < 4.78 is 5.43. The molecular formula is C14H17ClN2O3. The van der Waals surface area contributed by atoms with Crippen LogP contribution in [-0.2, 0) is 14.3 Å². The van der Waals surface area contributed by atoms with Gasteiger partial charge < -0.3 is 15.0 Å². The molecule has 0 saturated carbocycles. The molecule has 20 heavy (non-hydrogen) atoms. The van der Waals surface area contributed by atoms with Gasteiger partial charge in [0, 0.05) is 23.7 Å². The molecule has 0 radical (unpaired) electrons. The minimum atomic E-state index is -0.195. The average molecular weight is 297 g/mol. The summed E-state index contributed by atoms with van der Waals surface area (Å²) in [5.41, 5.74) is 0.787. The quantitative estimate of drug-likeness (QED) is 0.918. The topological polar surface area (TPSA) is 58.6 Å². The zero-order valence-corrected chi connectivity index (χ0v) is 12.0. The molecule has 2 amide bonds. The number of halogens is 1. The van der Waals surface area contributed by atoms with Crippen LogP contribution in [0.3, 0.4) is 0 Å². The van der Waals surface area contributed by atoms with Crippen molar-refractivity contribution in [2.75, 3.05) is 24.6 Å². The number of hydrogen-bond acceptors (Lipinski definition) is 3. The number of anilines is 1. The SMILES string of the molecule is CCC(=O)NCC1CN(c2ccc(Cl)cc2)C(=O)CO1. The third kappa shape index (κ3) is 3.71. The molecule has 1 aliphatic heterocycles. The molecule has 1 fully saturated rings. The van der Waals surface area contributed by atoms with E-state index in [1.165, 1.54) is 0 Å². The standard InChI is InChI=1S/C14H17ClN2O3/c1-2-13(18)16-7-12-8-17(14(19)9-20-12)11-5-3-10(15)4-6-11/h3-6,12H,2,7-9H2,1H3,(H,16,18). The zero-order valence-electron chi connectivity index (χ0n) is 11.3. The predicted octanol–water partition coefficient (Wildman–Crippen LogP) is 1.60. The maximum atomic E-state index is 11.9. The Balaban J connectivity index is 1.99. The van der Waals surface area contributed by atoms with Crippen molar-refractivity contribution in [2.45, 2.75) is 19.4 Å². The Bertz CT molecular complexity index is 490. The monoisotopic (exact) mass is 296 g/mol. The van der Waals surface area contributed by atoms with E-state index >= 15 is 0 Å². The minimum Gasteiger partial charge on any atom is -0.365 e. The molecule has 0 aliphatic carbocycles. The highest BCUT2D eigenvalue weighted by Gasteiger charge is 2.27. The maximum Gasteiger partial charge on any atom is 0.253 e. The van der Waals surface area contributed by atoms with Crippen LogP contribution in [0.2, 0.25) is 5.02 Å². The van der Waals surface area contributed by atoms with E-state index in [0.717, 1.165) is 5.69 Å². The first-order valence-electron chi connectivity index (χ1n) is 6.54. The molecule has 0 aromatic heterocycles. The molecule has 1 aromatic rings. The van der Waals surface area contributed by atoms with Crippen molar-refractivity contribution in [3.8, 4) is 0 Å². The van der Waals surface area contributed by atoms with Crippen LogP contribution in [0.5, 0.6) is 0 Å². The van der Waals surface area contributed by atoms with Crippen molar-refractivity contribution in [2.24, 2.45) is 0 Å². The number of nitrogens with one attached hydrogen (secondary N) is 1. The van der Waals surface area contributed by atoms with Crippen LogP contribution in [0.25, 0.3) is 0 Å². The molecule has 2 rings (SSSR count). The van der Waals surface area contributed by atoms with E-state index in [9.17, 15) is 9.59 Å². The third-order valence-corrected chi connectivity index (χ3v) is 3.37. The van der Waals surface area contributed by atoms with Gasteiger partial charge in [-0.25, -0.2) is 0 Å². The zero-order chi connectivity index (χ0) is 14.5. The first-order chi connectivity index (χ1) is 9.60. The summed E-state index contributed by atoms with van der Waals surface area (Å²) in [5, 5.41) is 3.40. The molecule has 1 aliphatic rings. The summed E-state index contributed by atoms with van der Waals surface area (Å²) in [7, 11) is 0. The summed E-state index contributed by atoms with van der Waals surface area (Å²) in [5.74, 6) is -0.117. The smallest absolute Gasteiger partial charge is 0.253 e. The Morgan fingerprint density at radius 3 is 2.80 bits per heavy atom. The summed E-state index contributed by atoms with van der Waals surface area (Å²) in [6.45, 7) is 2.64. The second kappa shape index (κ2) is 6.72. The summed E-state index contributed by atoms with van der Waals surface area (Å²) in [6.07, 6.45) is 0.242. The Hall–Kier alpha value is -1.59. The van der Waals surface area contributed by atoms with Crippen molar-refractivity contribution >= 4 is 29.1 Å². The highest BCUT2D eigenvalue weighted by Crippen LogP contribution is 2.20. The van der Waals surface area contributed by atoms with Crippen LogP contribution in [0.15, 0.2) is 24.3 Å². The summed E-state index contributed by atoms with van der Waals surface area (Å²) in [4.78, 5) is 24.8. The number of hydrogen-bond donors (Lipinski definition) is 1. The average Bonchev–Trinajstić information content (AvgIpc) is 2.47. The fraction of sp³-hybridized carbons (Fsp3) is 0.429. The fourth-order valence-electron chi connectivity index (χ4n) is 1.97. The number of nitrogens with zero attached hydrogens (tertiary/aromatic N) is 1. The van der Waals surface area contributed by atoms with Crippen LogP contribution in [0.4, 0.5) is 5.69 Å². The van der Waals surface area contributed by atoms with Crippen LogP contribution in [0.1, 0.15) is 13.3 Å². The van der Waals surface area contributed by atoms with E-state index in [1.807, 2.05) is 0 Å². The van der Waals surface area contributed by atoms with Crippen LogP contribution < -0.4 is 10.2 Å². The number of carbonyl (C=O) groups excluding carboxylic acids is 2. The predicted molar refractivity (Wildman–Crippen MR) is 76.8 cm³/mol. The van der Waals surface area contributed by atoms with Gasteiger partial charge in [0.2, 0.25) is 5.91 Å². The van der Waals surface area contributed by atoms with Gasteiger partial charge in [-0.1, -0.05) is 18.5 Å². The molecule has 6 heteroatoms. The Labute approximate surface area is 122 Å². The van der Waals surface area contributed by atoms with Crippen molar-refractivity contribution < 1.29 is 14.3 Å². The van der Waals surface area contributed by atoms with E-state index in [0.29, 0.717) is 24.5 Å². The molecule has 0 bridgehead atoms. The molecule has 1 N–H and O–H groups in total. The number of rotatable bonds is 4. The Morgan fingerprint density at radius 2 is 2.15 bits per heavy atom. The first kappa shape index (κ1) is 14.8. The summed E-state index contributed by atoms with van der Waals surface area (Å²) >= 11 is 5.84. The van der Waals surface area contributed by atoms with Gasteiger partial charge in [0.25, 0.3) is 5.91 Å². The van der Waals surface area contributed by atoms with Gasteiger partial charge in [-0.3, -0.25) is 9.59 Å². The lowest BCUT2D eigenvalue weighted by Gasteiger charge is -2.32. The van der Waals surface area contributed by atoms with Crippen molar-refractivity contribution in [3.05, 3.63) is 29.3 Å². The first-order valence-corrected chi connectivity index (χ1v) is 6.92. The molecule has 1 aromatic carbocycles. The number of morpholine rings is 1. The molecular weight excluding hydrogens is 280 g/mol. The van der Waals surface area contributed by atoms with Crippen LogP contribution in [0, 0.1) is 0 Å². The van der Waals surface area contributed by atoms with Gasteiger partial charge in [-0.15, -0.1) is 0 Å². The van der Waals surface area contributed by atoms with Crippen LogP contribution in [-0.4, -0.2) is 37.6 Å². The van der Waals surface area contributed by atoms with Crippen molar-refractivity contribution in [1.82, 2.24) is 5.32 Å².